The van der Waals surface area contributed by atoms with Crippen LogP contribution in [0.25, 0.3) is 0 Å². The van der Waals surface area contributed by atoms with E-state index in [0.29, 0.717) is 5.56 Å². The number of allylic oxidation sites excluding steroid dienone is 5. The second-order valence-electron chi connectivity index (χ2n) is 8.13. The summed E-state index contributed by atoms with van der Waals surface area (Å²) >= 11 is 0. The van der Waals surface area contributed by atoms with Crippen molar-refractivity contribution in [3.63, 3.8) is 0 Å². The lowest BCUT2D eigenvalue weighted by Crippen LogP contribution is -2.13. The fraction of sp³-hybridized carbons (Fsp3) is 0.192. The first kappa shape index (κ1) is 22.8. The van der Waals surface area contributed by atoms with Gasteiger partial charge in [0.15, 0.2) is 0 Å². The van der Waals surface area contributed by atoms with E-state index >= 15 is 0 Å². The van der Waals surface area contributed by atoms with E-state index in [0.717, 1.165) is 29.1 Å². The Balaban J connectivity index is 0.000000222. The molecule has 0 fully saturated rings. The zero-order chi connectivity index (χ0) is 22.1. The minimum Gasteiger partial charge on any atom is -0.399 e. The molecule has 0 unspecified atom stereocenters. The molecule has 2 aromatic rings. The third-order valence-electron chi connectivity index (χ3n) is 4.62. The van der Waals surface area contributed by atoms with Crippen molar-refractivity contribution < 1.29 is 4.79 Å². The molecule has 3 rings (SSSR count). The summed E-state index contributed by atoms with van der Waals surface area (Å²) in [6, 6.07) is 17.4. The van der Waals surface area contributed by atoms with Crippen molar-refractivity contribution in [3.05, 3.63) is 114 Å². The molecule has 4 nitrogen and oxygen atoms in total. The van der Waals surface area contributed by atoms with E-state index in [1.807, 2.05) is 66.8 Å². The SMILES string of the molecule is C=C(Nc1ccccc1)C1=CC=C(N)C=CC1.CC(C)(C)c1ccc(C(N)=O)cc1. The summed E-state index contributed by atoms with van der Waals surface area (Å²) < 4.78 is 0. The highest BCUT2D eigenvalue weighted by Gasteiger charge is 2.13. The molecule has 1 amide bonds. The Labute approximate surface area is 179 Å². The van der Waals surface area contributed by atoms with Crippen LogP contribution in [0.5, 0.6) is 0 Å². The lowest BCUT2D eigenvalue weighted by Gasteiger charge is -2.18. The number of rotatable bonds is 4. The molecule has 30 heavy (non-hydrogen) atoms. The molecule has 0 bridgehead atoms. The van der Waals surface area contributed by atoms with Crippen LogP contribution in [-0.2, 0) is 5.41 Å². The van der Waals surface area contributed by atoms with E-state index in [-0.39, 0.29) is 11.3 Å². The lowest BCUT2D eigenvalue weighted by molar-refractivity contribution is 0.1000. The maximum atomic E-state index is 10.8. The second-order valence-corrected chi connectivity index (χ2v) is 8.13. The van der Waals surface area contributed by atoms with Gasteiger partial charge in [-0.15, -0.1) is 0 Å². The number of nitrogens with two attached hydrogens (primary N) is 2. The number of hydrogen-bond acceptors (Lipinski definition) is 3. The van der Waals surface area contributed by atoms with Crippen LogP contribution >= 0.6 is 0 Å². The third kappa shape index (κ3) is 7.13. The summed E-state index contributed by atoms with van der Waals surface area (Å²) in [4.78, 5) is 10.8. The number of primary amides is 1. The molecule has 0 heterocycles. The Kier molecular flexibility index (Phi) is 7.82. The first-order valence-electron chi connectivity index (χ1n) is 9.91. The number of hydrogen-bond donors (Lipinski definition) is 3. The van der Waals surface area contributed by atoms with Crippen LogP contribution in [-0.4, -0.2) is 5.91 Å². The van der Waals surface area contributed by atoms with Crippen LogP contribution in [0.2, 0.25) is 0 Å². The maximum absolute atomic E-state index is 10.8. The Morgan fingerprint density at radius 2 is 1.63 bits per heavy atom. The summed E-state index contributed by atoms with van der Waals surface area (Å²) in [5.74, 6) is -0.375. The Morgan fingerprint density at radius 3 is 2.20 bits per heavy atom. The van der Waals surface area contributed by atoms with Crippen LogP contribution in [0, 0.1) is 0 Å². The quantitative estimate of drug-likeness (QED) is 0.639. The summed E-state index contributed by atoms with van der Waals surface area (Å²) in [5, 5.41) is 3.29. The molecule has 4 heteroatoms. The minimum atomic E-state index is -0.375. The van der Waals surface area contributed by atoms with Gasteiger partial charge in [0.2, 0.25) is 5.91 Å². The molecule has 5 N–H and O–H groups in total. The number of anilines is 1. The summed E-state index contributed by atoms with van der Waals surface area (Å²) in [6.45, 7) is 10.5. The van der Waals surface area contributed by atoms with Crippen molar-refractivity contribution in [2.75, 3.05) is 5.32 Å². The van der Waals surface area contributed by atoms with Gasteiger partial charge in [0, 0.05) is 22.6 Å². The van der Waals surface area contributed by atoms with Crippen molar-refractivity contribution in [3.8, 4) is 0 Å². The van der Waals surface area contributed by atoms with Crippen LogP contribution in [0.1, 0.15) is 43.1 Å². The van der Waals surface area contributed by atoms with Crippen molar-refractivity contribution >= 4 is 11.6 Å². The van der Waals surface area contributed by atoms with Crippen LogP contribution in [0.15, 0.2) is 102 Å². The van der Waals surface area contributed by atoms with Crippen molar-refractivity contribution in [1.29, 1.82) is 0 Å². The second kappa shape index (κ2) is 10.3. The largest absolute Gasteiger partial charge is 0.399 e. The van der Waals surface area contributed by atoms with Crippen LogP contribution in [0.3, 0.4) is 0 Å². The van der Waals surface area contributed by atoms with Crippen LogP contribution in [0.4, 0.5) is 5.69 Å². The Bertz CT molecular complexity index is 960. The van der Waals surface area contributed by atoms with Gasteiger partial charge in [0.1, 0.15) is 0 Å². The zero-order valence-electron chi connectivity index (χ0n) is 18.0. The average Bonchev–Trinajstić information content (AvgIpc) is 2.93. The highest BCUT2D eigenvalue weighted by molar-refractivity contribution is 5.92. The van der Waals surface area contributed by atoms with Gasteiger partial charge >= 0.3 is 0 Å². The van der Waals surface area contributed by atoms with Crippen molar-refractivity contribution in [2.45, 2.75) is 32.6 Å². The van der Waals surface area contributed by atoms with Gasteiger partial charge in [-0.1, -0.05) is 69.8 Å². The zero-order valence-corrected chi connectivity index (χ0v) is 18.0. The average molecular weight is 402 g/mol. The van der Waals surface area contributed by atoms with E-state index in [1.54, 1.807) is 12.1 Å². The van der Waals surface area contributed by atoms with Gasteiger partial charge in [0.05, 0.1) is 0 Å². The molecule has 0 aliphatic heterocycles. The summed E-state index contributed by atoms with van der Waals surface area (Å²) in [6.07, 6.45) is 8.71. The highest BCUT2D eigenvalue weighted by atomic mass is 16.1. The number of amides is 1. The van der Waals surface area contributed by atoms with E-state index < -0.39 is 0 Å². The molecule has 0 atom stereocenters. The first-order chi connectivity index (χ1) is 14.2. The van der Waals surface area contributed by atoms with Gasteiger partial charge in [0.25, 0.3) is 0 Å². The normalized spacial score (nSPS) is 13.2. The third-order valence-corrected chi connectivity index (χ3v) is 4.62. The fourth-order valence-electron chi connectivity index (χ4n) is 2.78. The van der Waals surface area contributed by atoms with Gasteiger partial charge in [-0.3, -0.25) is 4.79 Å². The summed E-state index contributed by atoms with van der Waals surface area (Å²) in [5.41, 5.74) is 16.6. The Morgan fingerprint density at radius 1 is 1.00 bits per heavy atom. The molecule has 156 valence electrons. The van der Waals surface area contributed by atoms with Gasteiger partial charge < -0.3 is 16.8 Å². The predicted molar refractivity (Wildman–Crippen MR) is 127 cm³/mol. The molecule has 0 aromatic heterocycles. The van der Waals surface area contributed by atoms with E-state index in [4.69, 9.17) is 11.5 Å². The first-order valence-corrected chi connectivity index (χ1v) is 9.91. The summed E-state index contributed by atoms with van der Waals surface area (Å²) in [7, 11) is 0. The van der Waals surface area contributed by atoms with Gasteiger partial charge in [-0.05, 0) is 59.4 Å². The maximum Gasteiger partial charge on any atom is 0.248 e. The fourth-order valence-corrected chi connectivity index (χ4v) is 2.78. The molecule has 2 aromatic carbocycles. The highest BCUT2D eigenvalue weighted by Crippen LogP contribution is 2.22. The van der Waals surface area contributed by atoms with Crippen molar-refractivity contribution in [1.82, 2.24) is 0 Å². The topological polar surface area (TPSA) is 81.1 Å². The number of nitrogens with one attached hydrogen (secondary N) is 1. The molecule has 0 saturated heterocycles. The van der Waals surface area contributed by atoms with Gasteiger partial charge in [-0.2, -0.15) is 0 Å². The van der Waals surface area contributed by atoms with E-state index in [1.165, 1.54) is 5.56 Å². The molecule has 0 spiro atoms. The molecular formula is C26H31N3O. The molecular weight excluding hydrogens is 370 g/mol. The Hall–Kier alpha value is -3.53. The number of carbonyl (C=O) groups excluding carboxylic acids is 1. The molecule has 0 radical (unpaired) electrons. The van der Waals surface area contributed by atoms with Crippen molar-refractivity contribution in [2.24, 2.45) is 11.5 Å². The standard InChI is InChI=1S/C15H16N2.C11H15NO/c1-12(17-15-8-3-2-4-9-15)13-6-5-7-14(16)11-10-13;1-11(2,3)9-6-4-8(5-7-9)10(12)13/h2-5,7-11,17H,1,6,16H2;4-7H,1-3H3,(H2,12,13). The van der Waals surface area contributed by atoms with Gasteiger partial charge in [-0.25, -0.2) is 0 Å². The predicted octanol–water partition coefficient (Wildman–Crippen LogP) is 5.42. The smallest absolute Gasteiger partial charge is 0.248 e. The number of para-hydroxylation sites is 1. The van der Waals surface area contributed by atoms with E-state index in [9.17, 15) is 4.79 Å². The molecule has 1 aliphatic carbocycles. The lowest BCUT2D eigenvalue weighted by atomic mass is 9.87. The number of benzene rings is 2. The van der Waals surface area contributed by atoms with E-state index in [2.05, 4.69) is 32.7 Å². The molecule has 0 saturated carbocycles. The minimum absolute atomic E-state index is 0.121. The number of carbonyl (C=O) groups is 1. The molecule has 1 aliphatic rings. The monoisotopic (exact) mass is 401 g/mol. The van der Waals surface area contributed by atoms with Crippen LogP contribution < -0.4 is 16.8 Å².